The van der Waals surface area contributed by atoms with Crippen LogP contribution in [0, 0.1) is 11.6 Å². The third-order valence-corrected chi connectivity index (χ3v) is 4.92. The number of hydrogen-bond acceptors (Lipinski definition) is 2. The van der Waals surface area contributed by atoms with E-state index in [-0.39, 0.29) is 6.61 Å². The lowest BCUT2D eigenvalue weighted by atomic mass is 9.89. The molecule has 1 aliphatic rings. The first-order valence-corrected chi connectivity index (χ1v) is 9.09. The molecule has 4 heteroatoms. The van der Waals surface area contributed by atoms with E-state index in [4.69, 9.17) is 9.84 Å². The van der Waals surface area contributed by atoms with E-state index in [1.54, 1.807) is 7.11 Å². The highest BCUT2D eigenvalue weighted by Gasteiger charge is 2.19. The first-order valence-electron chi connectivity index (χ1n) is 9.09. The van der Waals surface area contributed by atoms with Crippen molar-refractivity contribution in [2.45, 2.75) is 38.5 Å². The quantitative estimate of drug-likeness (QED) is 0.702. The Labute approximate surface area is 153 Å². The molecule has 0 bridgehead atoms. The molecular weight excluding hydrogens is 334 g/mol. The Morgan fingerprint density at radius 1 is 1.00 bits per heavy atom. The molecule has 0 saturated heterocycles. The van der Waals surface area contributed by atoms with Gasteiger partial charge in [-0.25, -0.2) is 8.78 Å². The lowest BCUT2D eigenvalue weighted by molar-refractivity contribution is 0.285. The summed E-state index contributed by atoms with van der Waals surface area (Å²) in [5.41, 5.74) is 5.07. The molecule has 2 aromatic carbocycles. The number of unbranched alkanes of at least 4 members (excludes halogenated alkanes) is 1. The summed E-state index contributed by atoms with van der Waals surface area (Å²) in [7, 11) is 1.65. The fourth-order valence-corrected chi connectivity index (χ4v) is 3.71. The maximum atomic E-state index is 13.8. The second kappa shape index (κ2) is 8.45. The lowest BCUT2D eigenvalue weighted by Crippen LogP contribution is -1.97. The van der Waals surface area contributed by atoms with Crippen LogP contribution in [-0.4, -0.2) is 18.8 Å². The van der Waals surface area contributed by atoms with Gasteiger partial charge in [0.25, 0.3) is 0 Å². The van der Waals surface area contributed by atoms with Crippen LogP contribution in [0.4, 0.5) is 8.78 Å². The first kappa shape index (κ1) is 18.6. The smallest absolute Gasteiger partial charge is 0.126 e. The van der Waals surface area contributed by atoms with Crippen molar-refractivity contribution in [2.24, 2.45) is 0 Å². The van der Waals surface area contributed by atoms with Crippen LogP contribution in [0.3, 0.4) is 0 Å². The van der Waals surface area contributed by atoms with Crippen molar-refractivity contribution in [3.05, 3.63) is 64.7 Å². The van der Waals surface area contributed by atoms with Crippen LogP contribution in [0.5, 0.6) is 5.75 Å². The van der Waals surface area contributed by atoms with Gasteiger partial charge in [0.05, 0.1) is 7.11 Å². The maximum Gasteiger partial charge on any atom is 0.126 e. The van der Waals surface area contributed by atoms with Gasteiger partial charge < -0.3 is 9.84 Å². The summed E-state index contributed by atoms with van der Waals surface area (Å²) in [6.45, 7) is 0.146. The zero-order chi connectivity index (χ0) is 18.5. The van der Waals surface area contributed by atoms with Gasteiger partial charge in [0.15, 0.2) is 0 Å². The first-order chi connectivity index (χ1) is 12.6. The highest BCUT2D eigenvalue weighted by molar-refractivity contribution is 5.92. The number of rotatable bonds is 6. The summed E-state index contributed by atoms with van der Waals surface area (Å²) in [5, 5.41) is 9.14. The van der Waals surface area contributed by atoms with E-state index < -0.39 is 11.6 Å². The van der Waals surface area contributed by atoms with E-state index in [0.717, 1.165) is 60.6 Å². The van der Waals surface area contributed by atoms with E-state index in [9.17, 15) is 8.78 Å². The monoisotopic (exact) mass is 358 g/mol. The Bertz CT molecular complexity index is 792. The average Bonchev–Trinajstić information content (AvgIpc) is 2.80. The van der Waals surface area contributed by atoms with Gasteiger partial charge in [0.1, 0.15) is 17.4 Å². The fourth-order valence-electron chi connectivity index (χ4n) is 3.71. The minimum Gasteiger partial charge on any atom is -0.497 e. The Morgan fingerprint density at radius 3 is 2.46 bits per heavy atom. The van der Waals surface area contributed by atoms with Crippen LogP contribution in [0.2, 0.25) is 0 Å². The topological polar surface area (TPSA) is 29.5 Å². The van der Waals surface area contributed by atoms with Crippen molar-refractivity contribution < 1.29 is 18.6 Å². The number of aryl methyl sites for hydroxylation is 1. The van der Waals surface area contributed by atoms with Crippen molar-refractivity contribution in [1.82, 2.24) is 0 Å². The lowest BCUT2D eigenvalue weighted by Gasteiger charge is -2.17. The molecule has 0 radical (unpaired) electrons. The fraction of sp³-hybridized carbons (Fsp3) is 0.364. The minimum absolute atomic E-state index is 0.146. The summed E-state index contributed by atoms with van der Waals surface area (Å²) in [6, 6.07) is 9.77. The molecule has 0 saturated carbocycles. The minimum atomic E-state index is -0.554. The Kier molecular flexibility index (Phi) is 6.04. The van der Waals surface area contributed by atoms with Crippen LogP contribution < -0.4 is 4.74 Å². The maximum absolute atomic E-state index is 13.8. The number of hydrogen-bond donors (Lipinski definition) is 1. The molecule has 0 spiro atoms. The molecule has 138 valence electrons. The van der Waals surface area contributed by atoms with Crippen molar-refractivity contribution >= 4 is 11.1 Å². The normalized spacial score (nSPS) is 14.2. The van der Waals surface area contributed by atoms with E-state index in [2.05, 4.69) is 6.07 Å². The number of ether oxygens (including phenoxy) is 1. The SMILES string of the molecule is COc1ccc2c(c1)CCCC(c1cc(F)cc(F)c1)=C2CCCCO. The molecule has 26 heavy (non-hydrogen) atoms. The molecule has 0 atom stereocenters. The molecule has 2 nitrogen and oxygen atoms in total. The van der Waals surface area contributed by atoms with Crippen molar-refractivity contribution in [2.75, 3.05) is 13.7 Å². The molecule has 0 fully saturated rings. The van der Waals surface area contributed by atoms with Gasteiger partial charge >= 0.3 is 0 Å². The molecule has 2 aromatic rings. The summed E-state index contributed by atoms with van der Waals surface area (Å²) in [4.78, 5) is 0. The molecular formula is C22H24F2O2. The van der Waals surface area contributed by atoms with E-state index in [1.807, 2.05) is 12.1 Å². The Morgan fingerprint density at radius 2 is 1.77 bits per heavy atom. The molecule has 3 rings (SSSR count). The van der Waals surface area contributed by atoms with Gasteiger partial charge in [-0.1, -0.05) is 6.07 Å². The molecule has 0 unspecified atom stereocenters. The van der Waals surface area contributed by atoms with Gasteiger partial charge in [0.2, 0.25) is 0 Å². The second-order valence-electron chi connectivity index (χ2n) is 6.67. The number of aliphatic hydroxyl groups is 1. The van der Waals surface area contributed by atoms with Gasteiger partial charge in [0, 0.05) is 12.7 Å². The summed E-state index contributed by atoms with van der Waals surface area (Å²) in [6.07, 6.45) is 4.90. The van der Waals surface area contributed by atoms with Crippen molar-refractivity contribution in [1.29, 1.82) is 0 Å². The Hall–Kier alpha value is -2.20. The van der Waals surface area contributed by atoms with Crippen molar-refractivity contribution in [3.8, 4) is 5.75 Å². The molecule has 1 N–H and O–H groups in total. The predicted molar refractivity (Wildman–Crippen MR) is 100 cm³/mol. The zero-order valence-electron chi connectivity index (χ0n) is 15.0. The van der Waals surface area contributed by atoms with E-state index >= 15 is 0 Å². The summed E-state index contributed by atoms with van der Waals surface area (Å²) >= 11 is 0. The van der Waals surface area contributed by atoms with Gasteiger partial charge in [-0.15, -0.1) is 0 Å². The highest BCUT2D eigenvalue weighted by atomic mass is 19.1. The average molecular weight is 358 g/mol. The molecule has 0 aromatic heterocycles. The van der Waals surface area contributed by atoms with Crippen LogP contribution >= 0.6 is 0 Å². The summed E-state index contributed by atoms with van der Waals surface area (Å²) in [5.74, 6) is -0.290. The number of fused-ring (bicyclic) bond motifs is 1. The number of allylic oxidation sites excluding steroid dienone is 2. The number of aliphatic hydroxyl groups excluding tert-OH is 1. The van der Waals surface area contributed by atoms with Crippen molar-refractivity contribution in [3.63, 3.8) is 0 Å². The van der Waals surface area contributed by atoms with Gasteiger partial charge in [-0.3, -0.25) is 0 Å². The molecule has 0 heterocycles. The standard InChI is InChI=1S/C22H24F2O2/c1-26-19-8-9-21-15(13-19)5-4-7-20(22(21)6-2-3-10-25)16-11-17(23)14-18(24)12-16/h8-9,11-14,25H,2-7,10H2,1H3. The third-order valence-electron chi connectivity index (χ3n) is 4.92. The van der Waals surface area contributed by atoms with Gasteiger partial charge in [-0.2, -0.15) is 0 Å². The molecule has 0 aliphatic heterocycles. The van der Waals surface area contributed by atoms with E-state index in [0.29, 0.717) is 12.0 Å². The third kappa shape index (κ3) is 4.13. The molecule has 0 amide bonds. The van der Waals surface area contributed by atoms with Gasteiger partial charge in [-0.05, 0) is 90.6 Å². The van der Waals surface area contributed by atoms with Crippen LogP contribution in [0.25, 0.3) is 11.1 Å². The Balaban J connectivity index is 2.13. The summed E-state index contributed by atoms with van der Waals surface area (Å²) < 4.78 is 33.0. The molecule has 1 aliphatic carbocycles. The predicted octanol–water partition coefficient (Wildman–Crippen LogP) is 5.38. The number of methoxy groups -OCH3 is 1. The number of halogens is 2. The second-order valence-corrected chi connectivity index (χ2v) is 6.67. The van der Waals surface area contributed by atoms with E-state index in [1.165, 1.54) is 17.7 Å². The number of benzene rings is 2. The van der Waals surface area contributed by atoms with Crippen LogP contribution in [-0.2, 0) is 6.42 Å². The van der Waals surface area contributed by atoms with Crippen LogP contribution in [0.15, 0.2) is 36.4 Å². The highest BCUT2D eigenvalue weighted by Crippen LogP contribution is 2.39. The van der Waals surface area contributed by atoms with Crippen LogP contribution in [0.1, 0.15) is 48.8 Å². The zero-order valence-corrected chi connectivity index (χ0v) is 15.0. The largest absolute Gasteiger partial charge is 0.497 e.